The molecule has 2 fully saturated rings. The van der Waals surface area contributed by atoms with Crippen LogP contribution in [0.4, 0.5) is 0 Å². The first-order chi connectivity index (χ1) is 7.82. The summed E-state index contributed by atoms with van der Waals surface area (Å²) in [5.74, 6) is 1.20. The first-order valence-electron chi connectivity index (χ1n) is 6.40. The molecule has 0 aromatic rings. The molecule has 0 radical (unpaired) electrons. The quantitative estimate of drug-likeness (QED) is 0.770. The summed E-state index contributed by atoms with van der Waals surface area (Å²) in [7, 11) is 0. The maximum atomic E-state index is 12.2. The standard InChI is InChI=1S/C13H19NO2/c15-12(11-3-1-2-8-16-11)10-9-13(10)4-6-14-7-5-13/h3,10,14H,1-2,4-9H2. The zero-order chi connectivity index (χ0) is 11.0. The highest BCUT2D eigenvalue weighted by Gasteiger charge is 2.58. The summed E-state index contributed by atoms with van der Waals surface area (Å²) in [6.45, 7) is 2.87. The Morgan fingerprint density at radius 1 is 1.44 bits per heavy atom. The number of rotatable bonds is 2. The van der Waals surface area contributed by atoms with E-state index in [1.165, 1.54) is 0 Å². The van der Waals surface area contributed by atoms with Gasteiger partial charge in [0.1, 0.15) is 0 Å². The number of piperidine rings is 1. The lowest BCUT2D eigenvalue weighted by Gasteiger charge is -2.23. The predicted octanol–water partition coefficient (Wildman–Crippen LogP) is 1.64. The molecule has 3 rings (SSSR count). The number of ketones is 1. The van der Waals surface area contributed by atoms with Crippen LogP contribution in [0.5, 0.6) is 0 Å². The van der Waals surface area contributed by atoms with E-state index in [2.05, 4.69) is 5.32 Å². The Morgan fingerprint density at radius 2 is 2.25 bits per heavy atom. The lowest BCUT2D eigenvalue weighted by atomic mass is 9.90. The van der Waals surface area contributed by atoms with Crippen LogP contribution in [0.25, 0.3) is 0 Å². The van der Waals surface area contributed by atoms with Crippen molar-refractivity contribution >= 4 is 5.78 Å². The molecule has 3 nitrogen and oxygen atoms in total. The summed E-state index contributed by atoms with van der Waals surface area (Å²) in [6, 6.07) is 0. The van der Waals surface area contributed by atoms with Crippen LogP contribution in [0.15, 0.2) is 11.8 Å². The Balaban J connectivity index is 1.66. The number of carbonyl (C=O) groups is 1. The fourth-order valence-electron chi connectivity index (χ4n) is 3.10. The van der Waals surface area contributed by atoms with Crippen molar-refractivity contribution in [2.45, 2.75) is 32.1 Å². The van der Waals surface area contributed by atoms with Gasteiger partial charge in [-0.2, -0.15) is 0 Å². The van der Waals surface area contributed by atoms with Crippen molar-refractivity contribution in [1.29, 1.82) is 0 Å². The number of Topliss-reactive ketones (excluding diaryl/α,β-unsaturated/α-hetero) is 1. The molecule has 16 heavy (non-hydrogen) atoms. The number of hydrogen-bond acceptors (Lipinski definition) is 3. The average molecular weight is 221 g/mol. The van der Waals surface area contributed by atoms with E-state index in [1.54, 1.807) is 0 Å². The van der Waals surface area contributed by atoms with Crippen LogP contribution >= 0.6 is 0 Å². The van der Waals surface area contributed by atoms with Crippen molar-refractivity contribution < 1.29 is 9.53 Å². The van der Waals surface area contributed by atoms with Crippen molar-refractivity contribution in [2.24, 2.45) is 11.3 Å². The van der Waals surface area contributed by atoms with Crippen molar-refractivity contribution in [3.05, 3.63) is 11.8 Å². The maximum Gasteiger partial charge on any atom is 0.200 e. The molecule has 0 aromatic heterocycles. The second kappa shape index (κ2) is 3.88. The van der Waals surface area contributed by atoms with Gasteiger partial charge in [-0.15, -0.1) is 0 Å². The van der Waals surface area contributed by atoms with E-state index in [0.29, 0.717) is 11.2 Å². The SMILES string of the molecule is O=C(C1=CCCCO1)C1CC12CCNCC2. The lowest BCUT2D eigenvalue weighted by Crippen LogP contribution is -2.31. The minimum absolute atomic E-state index is 0.263. The van der Waals surface area contributed by atoms with E-state index in [-0.39, 0.29) is 11.7 Å². The van der Waals surface area contributed by atoms with Crippen LogP contribution in [-0.2, 0) is 9.53 Å². The second-order valence-corrected chi connectivity index (χ2v) is 5.29. The van der Waals surface area contributed by atoms with E-state index in [4.69, 9.17) is 4.74 Å². The van der Waals surface area contributed by atoms with Crippen molar-refractivity contribution in [3.8, 4) is 0 Å². The van der Waals surface area contributed by atoms with Gasteiger partial charge in [0.25, 0.3) is 0 Å². The minimum atomic E-state index is 0.263. The second-order valence-electron chi connectivity index (χ2n) is 5.29. The molecule has 88 valence electrons. The summed E-state index contributed by atoms with van der Waals surface area (Å²) in [4.78, 5) is 12.2. The highest BCUT2D eigenvalue weighted by atomic mass is 16.5. The number of ether oxygens (including phenoxy) is 1. The van der Waals surface area contributed by atoms with Gasteiger partial charge in [0.15, 0.2) is 5.76 Å². The van der Waals surface area contributed by atoms with E-state index in [1.807, 2.05) is 6.08 Å². The minimum Gasteiger partial charge on any atom is -0.490 e. The van der Waals surface area contributed by atoms with Gasteiger partial charge in [-0.3, -0.25) is 4.79 Å². The molecular formula is C13H19NO2. The van der Waals surface area contributed by atoms with Crippen LogP contribution in [0.1, 0.15) is 32.1 Å². The topological polar surface area (TPSA) is 38.3 Å². The number of carbonyl (C=O) groups excluding carboxylic acids is 1. The fourth-order valence-corrected chi connectivity index (χ4v) is 3.10. The van der Waals surface area contributed by atoms with Crippen molar-refractivity contribution in [3.63, 3.8) is 0 Å². The normalized spacial score (nSPS) is 31.8. The van der Waals surface area contributed by atoms with E-state index < -0.39 is 0 Å². The summed E-state index contributed by atoms with van der Waals surface area (Å²) in [6.07, 6.45) is 7.46. The molecule has 2 heterocycles. The largest absolute Gasteiger partial charge is 0.490 e. The molecular weight excluding hydrogens is 202 g/mol. The van der Waals surface area contributed by atoms with Gasteiger partial charge in [0, 0.05) is 5.92 Å². The molecule has 1 spiro atoms. The summed E-state index contributed by atoms with van der Waals surface area (Å²) in [5, 5.41) is 3.36. The van der Waals surface area contributed by atoms with Gasteiger partial charge < -0.3 is 10.1 Å². The van der Waals surface area contributed by atoms with E-state index in [0.717, 1.165) is 51.8 Å². The highest BCUT2D eigenvalue weighted by molar-refractivity contribution is 5.98. The number of nitrogens with one attached hydrogen (secondary N) is 1. The number of allylic oxidation sites excluding steroid dienone is 2. The smallest absolute Gasteiger partial charge is 0.200 e. The molecule has 3 heteroatoms. The maximum absolute atomic E-state index is 12.2. The lowest BCUT2D eigenvalue weighted by molar-refractivity contribution is -0.121. The predicted molar refractivity (Wildman–Crippen MR) is 60.9 cm³/mol. The third-order valence-electron chi connectivity index (χ3n) is 4.28. The van der Waals surface area contributed by atoms with Crippen LogP contribution in [0.3, 0.4) is 0 Å². The molecule has 0 aromatic carbocycles. The van der Waals surface area contributed by atoms with Gasteiger partial charge in [0.05, 0.1) is 6.61 Å². The van der Waals surface area contributed by atoms with E-state index >= 15 is 0 Å². The molecule has 2 aliphatic heterocycles. The van der Waals surface area contributed by atoms with E-state index in [9.17, 15) is 4.79 Å². The molecule has 3 aliphatic rings. The Kier molecular flexibility index (Phi) is 2.51. The van der Waals surface area contributed by atoms with Gasteiger partial charge in [0.2, 0.25) is 5.78 Å². The molecule has 1 saturated carbocycles. The van der Waals surface area contributed by atoms with Crippen LogP contribution < -0.4 is 5.32 Å². The molecule has 1 saturated heterocycles. The van der Waals surface area contributed by atoms with Gasteiger partial charge in [-0.25, -0.2) is 0 Å². The Hall–Kier alpha value is -0.830. The Labute approximate surface area is 96.2 Å². The zero-order valence-electron chi connectivity index (χ0n) is 9.63. The van der Waals surface area contributed by atoms with Gasteiger partial charge in [-0.05, 0) is 56.7 Å². The van der Waals surface area contributed by atoms with Crippen molar-refractivity contribution in [1.82, 2.24) is 5.32 Å². The molecule has 0 amide bonds. The summed E-state index contributed by atoms with van der Waals surface area (Å²) < 4.78 is 5.47. The van der Waals surface area contributed by atoms with Crippen LogP contribution in [-0.4, -0.2) is 25.5 Å². The molecule has 1 atom stereocenters. The third kappa shape index (κ3) is 1.67. The summed E-state index contributed by atoms with van der Waals surface area (Å²) >= 11 is 0. The van der Waals surface area contributed by atoms with Crippen LogP contribution in [0, 0.1) is 11.3 Å². The molecule has 1 N–H and O–H groups in total. The first-order valence-corrected chi connectivity index (χ1v) is 6.40. The molecule has 1 aliphatic carbocycles. The number of hydrogen-bond donors (Lipinski definition) is 1. The Bertz CT molecular complexity index is 329. The average Bonchev–Trinajstić information content (AvgIpc) is 3.04. The Morgan fingerprint density at radius 3 is 2.94 bits per heavy atom. The molecule has 1 unspecified atom stereocenters. The van der Waals surface area contributed by atoms with Gasteiger partial charge >= 0.3 is 0 Å². The van der Waals surface area contributed by atoms with Gasteiger partial charge in [-0.1, -0.05) is 0 Å². The van der Waals surface area contributed by atoms with Crippen molar-refractivity contribution in [2.75, 3.05) is 19.7 Å². The first kappa shape index (κ1) is 10.3. The molecule has 0 bridgehead atoms. The highest BCUT2D eigenvalue weighted by Crippen LogP contribution is 2.59. The monoisotopic (exact) mass is 221 g/mol. The zero-order valence-corrected chi connectivity index (χ0v) is 9.63. The summed E-state index contributed by atoms with van der Waals surface area (Å²) in [5.41, 5.74) is 0.337. The van der Waals surface area contributed by atoms with Crippen LogP contribution in [0.2, 0.25) is 0 Å². The third-order valence-corrected chi connectivity index (χ3v) is 4.28. The fraction of sp³-hybridized carbons (Fsp3) is 0.769.